The molecular formula is C14H20F3NO2. The number of benzene rings is 1. The Morgan fingerprint density at radius 1 is 1.20 bits per heavy atom. The SMILES string of the molecule is CCNC(CCOCC)c1ccccc1OC(F)(F)F. The number of hydrogen-bond acceptors (Lipinski definition) is 3. The highest BCUT2D eigenvalue weighted by Gasteiger charge is 2.32. The molecule has 0 heterocycles. The molecule has 0 aliphatic heterocycles. The maximum atomic E-state index is 12.4. The molecule has 0 aliphatic carbocycles. The van der Waals surface area contributed by atoms with Gasteiger partial charge in [0.2, 0.25) is 0 Å². The zero-order valence-electron chi connectivity index (χ0n) is 11.7. The van der Waals surface area contributed by atoms with E-state index in [9.17, 15) is 13.2 Å². The van der Waals surface area contributed by atoms with Crippen LogP contribution in [0.1, 0.15) is 31.9 Å². The second kappa shape index (κ2) is 8.11. The lowest BCUT2D eigenvalue weighted by Gasteiger charge is -2.21. The molecule has 0 saturated heterocycles. The summed E-state index contributed by atoms with van der Waals surface area (Å²) in [4.78, 5) is 0. The summed E-state index contributed by atoms with van der Waals surface area (Å²) in [6.45, 7) is 5.50. The van der Waals surface area contributed by atoms with E-state index in [1.54, 1.807) is 12.1 Å². The Hall–Kier alpha value is -1.27. The van der Waals surface area contributed by atoms with Gasteiger partial charge >= 0.3 is 6.36 Å². The average molecular weight is 291 g/mol. The Kier molecular flexibility index (Phi) is 6.81. The van der Waals surface area contributed by atoms with Crippen LogP contribution in [0.15, 0.2) is 24.3 Å². The summed E-state index contributed by atoms with van der Waals surface area (Å²) in [5, 5.41) is 3.16. The fraction of sp³-hybridized carbons (Fsp3) is 0.571. The Balaban J connectivity index is 2.88. The van der Waals surface area contributed by atoms with Gasteiger partial charge in [-0.05, 0) is 26.0 Å². The molecule has 0 aliphatic rings. The maximum Gasteiger partial charge on any atom is 0.573 e. The summed E-state index contributed by atoms with van der Waals surface area (Å²) in [6.07, 6.45) is -4.10. The van der Waals surface area contributed by atoms with E-state index in [0.717, 1.165) is 0 Å². The molecule has 3 nitrogen and oxygen atoms in total. The molecule has 1 atom stereocenters. The summed E-state index contributed by atoms with van der Waals surface area (Å²) in [5.74, 6) is -0.164. The zero-order valence-corrected chi connectivity index (χ0v) is 11.7. The summed E-state index contributed by atoms with van der Waals surface area (Å²) in [7, 11) is 0. The summed E-state index contributed by atoms with van der Waals surface area (Å²) < 4.78 is 46.6. The Morgan fingerprint density at radius 3 is 2.50 bits per heavy atom. The van der Waals surface area contributed by atoms with Crippen LogP contribution in [0.25, 0.3) is 0 Å². The molecule has 0 aromatic heterocycles. The summed E-state index contributed by atoms with van der Waals surface area (Å²) in [5.41, 5.74) is 0.492. The third kappa shape index (κ3) is 5.79. The second-order valence-corrected chi connectivity index (χ2v) is 4.18. The van der Waals surface area contributed by atoms with Crippen molar-refractivity contribution >= 4 is 0 Å². The van der Waals surface area contributed by atoms with Gasteiger partial charge in [0, 0.05) is 24.8 Å². The number of hydrogen-bond donors (Lipinski definition) is 1. The number of ether oxygens (including phenoxy) is 2. The molecule has 6 heteroatoms. The minimum absolute atomic E-state index is 0.164. The predicted molar refractivity (Wildman–Crippen MR) is 70.7 cm³/mol. The van der Waals surface area contributed by atoms with Gasteiger partial charge in [-0.25, -0.2) is 0 Å². The molecule has 20 heavy (non-hydrogen) atoms. The number of nitrogens with one attached hydrogen (secondary N) is 1. The molecule has 1 rings (SSSR count). The first-order valence-corrected chi connectivity index (χ1v) is 6.63. The highest BCUT2D eigenvalue weighted by Crippen LogP contribution is 2.31. The van der Waals surface area contributed by atoms with Gasteiger partial charge in [0.25, 0.3) is 0 Å². The van der Waals surface area contributed by atoms with E-state index in [0.29, 0.717) is 31.7 Å². The van der Waals surface area contributed by atoms with Crippen molar-refractivity contribution < 1.29 is 22.6 Å². The van der Waals surface area contributed by atoms with Crippen molar-refractivity contribution in [2.75, 3.05) is 19.8 Å². The smallest absolute Gasteiger partial charge is 0.405 e. The van der Waals surface area contributed by atoms with Gasteiger partial charge in [0.15, 0.2) is 0 Å². The molecule has 0 radical (unpaired) electrons. The quantitative estimate of drug-likeness (QED) is 0.741. The molecule has 114 valence electrons. The second-order valence-electron chi connectivity index (χ2n) is 4.18. The topological polar surface area (TPSA) is 30.5 Å². The van der Waals surface area contributed by atoms with E-state index >= 15 is 0 Å². The van der Waals surface area contributed by atoms with Crippen LogP contribution in [-0.4, -0.2) is 26.1 Å². The molecule has 0 bridgehead atoms. The van der Waals surface area contributed by atoms with Gasteiger partial charge < -0.3 is 14.8 Å². The van der Waals surface area contributed by atoms with E-state index in [-0.39, 0.29) is 11.8 Å². The van der Waals surface area contributed by atoms with Crippen molar-refractivity contribution in [1.82, 2.24) is 5.32 Å². The predicted octanol–water partition coefficient (Wildman–Crippen LogP) is 3.66. The van der Waals surface area contributed by atoms with Crippen LogP contribution in [-0.2, 0) is 4.74 Å². The lowest BCUT2D eigenvalue weighted by Crippen LogP contribution is -2.25. The van der Waals surface area contributed by atoms with Gasteiger partial charge in [0.05, 0.1) is 0 Å². The molecule has 1 unspecified atom stereocenters. The van der Waals surface area contributed by atoms with Gasteiger partial charge in [-0.2, -0.15) is 0 Å². The first kappa shape index (κ1) is 16.8. The van der Waals surface area contributed by atoms with Gasteiger partial charge in [-0.1, -0.05) is 25.1 Å². The molecule has 0 amide bonds. The minimum atomic E-state index is -4.69. The van der Waals surface area contributed by atoms with Crippen molar-refractivity contribution in [1.29, 1.82) is 0 Å². The number of para-hydroxylation sites is 1. The van der Waals surface area contributed by atoms with Crippen LogP contribution < -0.4 is 10.1 Å². The van der Waals surface area contributed by atoms with Crippen LogP contribution in [0.2, 0.25) is 0 Å². The molecule has 1 aromatic rings. The van der Waals surface area contributed by atoms with Gasteiger partial charge in [-0.15, -0.1) is 13.2 Å². The van der Waals surface area contributed by atoms with Crippen molar-refractivity contribution in [2.24, 2.45) is 0 Å². The number of halogens is 3. The Bertz CT molecular complexity index is 396. The van der Waals surface area contributed by atoms with Crippen molar-refractivity contribution in [3.8, 4) is 5.75 Å². The highest BCUT2D eigenvalue weighted by atomic mass is 19.4. The largest absolute Gasteiger partial charge is 0.573 e. The number of alkyl halides is 3. The van der Waals surface area contributed by atoms with Crippen molar-refractivity contribution in [3.63, 3.8) is 0 Å². The number of rotatable bonds is 8. The van der Waals surface area contributed by atoms with Crippen molar-refractivity contribution in [2.45, 2.75) is 32.7 Å². The van der Waals surface area contributed by atoms with Gasteiger partial charge in [0.1, 0.15) is 5.75 Å². The molecular weight excluding hydrogens is 271 g/mol. The fourth-order valence-corrected chi connectivity index (χ4v) is 1.95. The molecule has 0 fully saturated rings. The molecule has 1 N–H and O–H groups in total. The van der Waals surface area contributed by atoms with Crippen LogP contribution in [0, 0.1) is 0 Å². The highest BCUT2D eigenvalue weighted by molar-refractivity contribution is 5.36. The third-order valence-electron chi connectivity index (χ3n) is 2.73. The standard InChI is InChI=1S/C14H20F3NO2/c1-3-18-12(9-10-19-4-2)11-7-5-6-8-13(11)20-14(15,16)17/h5-8,12,18H,3-4,9-10H2,1-2H3. The van der Waals surface area contributed by atoms with E-state index in [4.69, 9.17) is 4.74 Å². The summed E-state index contributed by atoms with van der Waals surface area (Å²) >= 11 is 0. The maximum absolute atomic E-state index is 12.4. The fourth-order valence-electron chi connectivity index (χ4n) is 1.95. The molecule has 0 saturated carbocycles. The Morgan fingerprint density at radius 2 is 1.90 bits per heavy atom. The van der Waals surface area contributed by atoms with E-state index < -0.39 is 6.36 Å². The van der Waals surface area contributed by atoms with Crippen LogP contribution in [0.4, 0.5) is 13.2 Å². The first-order valence-electron chi connectivity index (χ1n) is 6.63. The average Bonchev–Trinajstić information content (AvgIpc) is 2.37. The summed E-state index contributed by atoms with van der Waals surface area (Å²) in [6, 6.07) is 5.96. The first-order chi connectivity index (χ1) is 9.48. The Labute approximate surface area is 117 Å². The van der Waals surface area contributed by atoms with Crippen LogP contribution >= 0.6 is 0 Å². The van der Waals surface area contributed by atoms with E-state index in [1.807, 2.05) is 13.8 Å². The lowest BCUT2D eigenvalue weighted by molar-refractivity contribution is -0.275. The monoisotopic (exact) mass is 291 g/mol. The minimum Gasteiger partial charge on any atom is -0.405 e. The van der Waals surface area contributed by atoms with Gasteiger partial charge in [-0.3, -0.25) is 0 Å². The van der Waals surface area contributed by atoms with Crippen molar-refractivity contribution in [3.05, 3.63) is 29.8 Å². The van der Waals surface area contributed by atoms with E-state index in [2.05, 4.69) is 10.1 Å². The molecule has 1 aromatic carbocycles. The normalized spacial score (nSPS) is 13.2. The molecule has 0 spiro atoms. The van der Waals surface area contributed by atoms with E-state index in [1.165, 1.54) is 12.1 Å². The zero-order chi connectivity index (χ0) is 15.0. The third-order valence-corrected chi connectivity index (χ3v) is 2.73. The van der Waals surface area contributed by atoms with Crippen LogP contribution in [0.5, 0.6) is 5.75 Å². The lowest BCUT2D eigenvalue weighted by atomic mass is 10.0. The van der Waals surface area contributed by atoms with Crippen LogP contribution in [0.3, 0.4) is 0 Å².